The molecule has 4 nitrogen and oxygen atoms in total. The second-order valence-corrected chi connectivity index (χ2v) is 1.76. The summed E-state index contributed by atoms with van der Waals surface area (Å²) in [5.74, 6) is -3.09. The van der Waals surface area contributed by atoms with E-state index in [0.717, 1.165) is 0 Å². The van der Waals surface area contributed by atoms with Gasteiger partial charge in [-0.1, -0.05) is 0 Å². The smallest absolute Gasteiger partial charge is 0.372 e. The number of rotatable bonds is 1. The molecule has 1 rings (SSSR count). The minimum absolute atomic E-state index is 0.562. The fourth-order valence-corrected chi connectivity index (χ4v) is 0.552. The zero-order valence-corrected chi connectivity index (χ0v) is 5.20. The molecule has 5 heteroatoms. The lowest BCUT2D eigenvalue weighted by molar-refractivity contribution is 0.0655. The predicted octanol–water partition coefficient (Wildman–Crippen LogP) is 0.477. The van der Waals surface area contributed by atoms with Gasteiger partial charge in [0.15, 0.2) is 0 Å². The number of hydrogen-bond donors (Lipinski definition) is 1. The summed E-state index contributed by atoms with van der Waals surface area (Å²) in [7, 11) is 0. The van der Waals surface area contributed by atoms with E-state index in [1.54, 1.807) is 0 Å². The molecule has 0 aliphatic rings. The van der Waals surface area contributed by atoms with Crippen molar-refractivity contribution in [3.8, 4) is 0 Å². The van der Waals surface area contributed by atoms with E-state index >= 15 is 0 Å². The van der Waals surface area contributed by atoms with Crippen molar-refractivity contribution < 1.29 is 18.7 Å². The lowest BCUT2D eigenvalue weighted by Crippen LogP contribution is -2.05. The molecule has 0 aliphatic carbocycles. The van der Waals surface area contributed by atoms with E-state index in [1.165, 1.54) is 0 Å². The van der Waals surface area contributed by atoms with E-state index in [4.69, 9.17) is 5.11 Å². The first-order chi connectivity index (χ1) is 5.09. The lowest BCUT2D eigenvalue weighted by atomic mass is 10.4. The average molecular weight is 158 g/mol. The third-order valence-corrected chi connectivity index (χ3v) is 0.946. The van der Waals surface area contributed by atoms with Crippen LogP contribution in [0.2, 0.25) is 0 Å². The Morgan fingerprint density at radius 2 is 2.18 bits per heavy atom. The quantitative estimate of drug-likeness (QED) is 0.645. The van der Waals surface area contributed by atoms with E-state index in [0.29, 0.717) is 12.1 Å². The maximum atomic E-state index is 12.3. The molecule has 0 radical (unpaired) electrons. The number of carboxylic acids is 1. The lowest BCUT2D eigenvalue weighted by Gasteiger charge is -1.90. The van der Waals surface area contributed by atoms with Crippen LogP contribution in [0.3, 0.4) is 0 Å². The van der Waals surface area contributed by atoms with Gasteiger partial charge in [-0.05, 0) is 0 Å². The third-order valence-electron chi connectivity index (χ3n) is 0.946. The molecule has 0 fully saturated rings. The van der Waals surface area contributed by atoms with Gasteiger partial charge in [0.25, 0.3) is 0 Å². The molecule has 0 spiro atoms. The van der Waals surface area contributed by atoms with Crippen LogP contribution >= 0.6 is 0 Å². The molecule has 0 saturated heterocycles. The van der Waals surface area contributed by atoms with E-state index in [2.05, 4.69) is 4.42 Å². The summed E-state index contributed by atoms with van der Waals surface area (Å²) in [6.07, 6.45) is 0. The fraction of sp³-hybridized carbons (Fsp3) is 0. The highest BCUT2D eigenvalue weighted by molar-refractivity contribution is 5.83. The van der Waals surface area contributed by atoms with Gasteiger partial charge in [0.1, 0.15) is 5.82 Å². The molecule has 1 N–H and O–H groups in total. The molecular formula is C6H3FO4. The van der Waals surface area contributed by atoms with Crippen molar-refractivity contribution in [2.75, 3.05) is 0 Å². The van der Waals surface area contributed by atoms with Crippen molar-refractivity contribution in [3.05, 3.63) is 34.1 Å². The highest BCUT2D eigenvalue weighted by Gasteiger charge is 2.07. The minimum atomic E-state index is -1.47. The SMILES string of the molecule is O=C(O)c1cc(F)cc(=O)o1. The van der Waals surface area contributed by atoms with Gasteiger partial charge >= 0.3 is 11.6 Å². The van der Waals surface area contributed by atoms with Gasteiger partial charge < -0.3 is 9.52 Å². The zero-order valence-electron chi connectivity index (χ0n) is 5.20. The molecule has 11 heavy (non-hydrogen) atoms. The highest BCUT2D eigenvalue weighted by atomic mass is 19.1. The maximum Gasteiger partial charge on any atom is 0.372 e. The van der Waals surface area contributed by atoms with Gasteiger partial charge in [-0.2, -0.15) is 0 Å². The Kier molecular flexibility index (Phi) is 1.72. The van der Waals surface area contributed by atoms with Crippen LogP contribution in [0.15, 0.2) is 21.3 Å². The summed E-state index contributed by atoms with van der Waals surface area (Å²) < 4.78 is 16.4. The summed E-state index contributed by atoms with van der Waals surface area (Å²) >= 11 is 0. The molecule has 1 aromatic heterocycles. The largest absolute Gasteiger partial charge is 0.475 e. The molecule has 0 bridgehead atoms. The van der Waals surface area contributed by atoms with Crippen molar-refractivity contribution >= 4 is 5.97 Å². The molecule has 58 valence electrons. The summed E-state index contributed by atoms with van der Waals surface area (Å²) in [6.45, 7) is 0. The van der Waals surface area contributed by atoms with Crippen molar-refractivity contribution in [1.29, 1.82) is 0 Å². The Labute approximate surface area is 59.9 Å². The summed E-state index contributed by atoms with van der Waals surface area (Å²) in [5, 5.41) is 8.23. The van der Waals surface area contributed by atoms with Crippen molar-refractivity contribution in [2.45, 2.75) is 0 Å². The van der Waals surface area contributed by atoms with Crippen LogP contribution < -0.4 is 5.63 Å². The molecule has 0 aliphatic heterocycles. The number of carbonyl (C=O) groups is 1. The Hall–Kier alpha value is -1.65. The van der Waals surface area contributed by atoms with Crippen LogP contribution in [0.1, 0.15) is 10.6 Å². The second kappa shape index (κ2) is 2.53. The molecule has 0 atom stereocenters. The van der Waals surface area contributed by atoms with Gasteiger partial charge in [-0.15, -0.1) is 0 Å². The highest BCUT2D eigenvalue weighted by Crippen LogP contribution is 1.98. The molecule has 1 heterocycles. The molecule has 0 saturated carbocycles. The Bertz CT molecular complexity index is 341. The van der Waals surface area contributed by atoms with Gasteiger partial charge in [0.05, 0.1) is 6.07 Å². The topological polar surface area (TPSA) is 67.5 Å². The average Bonchev–Trinajstić information content (AvgIpc) is 1.85. The first-order valence-electron chi connectivity index (χ1n) is 2.63. The number of halogens is 1. The van der Waals surface area contributed by atoms with Crippen LogP contribution in [0, 0.1) is 5.82 Å². The Balaban J connectivity index is 3.30. The van der Waals surface area contributed by atoms with Gasteiger partial charge in [-0.3, -0.25) is 0 Å². The normalized spacial score (nSPS) is 9.55. The Morgan fingerprint density at radius 3 is 2.64 bits per heavy atom. The van der Waals surface area contributed by atoms with Gasteiger partial charge in [0, 0.05) is 6.07 Å². The standard InChI is InChI=1S/C6H3FO4/c7-3-1-4(6(9)10)11-5(8)2-3/h1-2H,(H,9,10). The van der Waals surface area contributed by atoms with Gasteiger partial charge in [0.2, 0.25) is 5.76 Å². The molecular weight excluding hydrogens is 155 g/mol. The van der Waals surface area contributed by atoms with E-state index in [-0.39, 0.29) is 0 Å². The van der Waals surface area contributed by atoms with Crippen LogP contribution in [0.5, 0.6) is 0 Å². The van der Waals surface area contributed by atoms with Crippen molar-refractivity contribution in [1.82, 2.24) is 0 Å². The number of hydrogen-bond acceptors (Lipinski definition) is 3. The summed E-state index contributed by atoms with van der Waals surface area (Å²) in [4.78, 5) is 20.5. The molecule has 0 aromatic carbocycles. The Morgan fingerprint density at radius 1 is 1.55 bits per heavy atom. The molecule has 0 unspecified atom stereocenters. The van der Waals surface area contributed by atoms with Crippen LogP contribution in [0.25, 0.3) is 0 Å². The molecule has 0 amide bonds. The fourth-order valence-electron chi connectivity index (χ4n) is 0.552. The van der Waals surface area contributed by atoms with E-state index in [1.807, 2.05) is 0 Å². The first-order valence-corrected chi connectivity index (χ1v) is 2.63. The zero-order chi connectivity index (χ0) is 8.43. The van der Waals surface area contributed by atoms with Crippen LogP contribution in [-0.2, 0) is 0 Å². The molecule has 1 aromatic rings. The van der Waals surface area contributed by atoms with Gasteiger partial charge in [-0.25, -0.2) is 14.0 Å². The maximum absolute atomic E-state index is 12.3. The third kappa shape index (κ3) is 1.64. The first kappa shape index (κ1) is 7.46. The number of aromatic carboxylic acids is 1. The van der Waals surface area contributed by atoms with Crippen LogP contribution in [0.4, 0.5) is 4.39 Å². The monoisotopic (exact) mass is 158 g/mol. The van der Waals surface area contributed by atoms with Crippen molar-refractivity contribution in [2.24, 2.45) is 0 Å². The van der Waals surface area contributed by atoms with Crippen molar-refractivity contribution in [3.63, 3.8) is 0 Å². The number of carboxylic acid groups (broad SMARTS) is 1. The van der Waals surface area contributed by atoms with E-state index in [9.17, 15) is 14.0 Å². The second-order valence-electron chi connectivity index (χ2n) is 1.76. The summed E-state index contributed by atoms with van der Waals surface area (Å²) in [5.41, 5.74) is -1.01. The minimum Gasteiger partial charge on any atom is -0.475 e. The summed E-state index contributed by atoms with van der Waals surface area (Å²) in [6, 6.07) is 1.19. The van der Waals surface area contributed by atoms with E-state index < -0.39 is 23.2 Å². The van der Waals surface area contributed by atoms with Crippen LogP contribution in [-0.4, -0.2) is 11.1 Å². The predicted molar refractivity (Wildman–Crippen MR) is 31.9 cm³/mol.